The van der Waals surface area contributed by atoms with E-state index in [9.17, 15) is 0 Å². The standard InChI is InChI=1S/C49H32N2O2/c1-4-10-33(11-5-1)35-16-23-40(24-17-35)51(41-25-18-36(19-26-41)34-12-6-2-7-13-34)42-27-20-37(21-28-42)39-22-29-43-46(32-39)52-44-30-31-45-48(47(43)44)50-49(53-45)38-14-8-3-9-15-38/h1-32H. The third kappa shape index (κ3) is 5.63. The second-order valence-electron chi connectivity index (χ2n) is 13.2. The van der Waals surface area contributed by atoms with Crippen molar-refractivity contribution in [1.82, 2.24) is 4.98 Å². The number of aromatic nitrogens is 1. The minimum absolute atomic E-state index is 0.604. The number of furan rings is 1. The Kier molecular flexibility index (Phi) is 7.43. The average molecular weight is 681 g/mol. The molecule has 10 rings (SSSR count). The Morgan fingerprint density at radius 1 is 0.340 bits per heavy atom. The van der Waals surface area contributed by atoms with Gasteiger partial charge < -0.3 is 13.7 Å². The van der Waals surface area contributed by atoms with Crippen LogP contribution in [0.1, 0.15) is 0 Å². The molecule has 0 aliphatic carbocycles. The molecule has 250 valence electrons. The molecule has 53 heavy (non-hydrogen) atoms. The summed E-state index contributed by atoms with van der Waals surface area (Å²) < 4.78 is 12.6. The largest absolute Gasteiger partial charge is 0.456 e. The summed E-state index contributed by atoms with van der Waals surface area (Å²) in [5, 5.41) is 1.99. The highest BCUT2D eigenvalue weighted by Crippen LogP contribution is 2.40. The molecule has 0 saturated carbocycles. The number of anilines is 3. The summed E-state index contributed by atoms with van der Waals surface area (Å²) in [7, 11) is 0. The SMILES string of the molecule is c1ccc(-c2ccc(N(c3ccc(-c4ccccc4)cc3)c3ccc(-c4ccc5c(c4)oc4ccc6oc(-c7ccccc7)nc6c45)cc3)cc2)cc1. The molecule has 0 aliphatic rings. The highest BCUT2D eigenvalue weighted by Gasteiger charge is 2.18. The van der Waals surface area contributed by atoms with E-state index in [0.717, 1.165) is 66.8 Å². The number of fused-ring (bicyclic) bond motifs is 5. The normalized spacial score (nSPS) is 11.4. The van der Waals surface area contributed by atoms with Crippen LogP contribution in [-0.4, -0.2) is 4.98 Å². The summed E-state index contributed by atoms with van der Waals surface area (Å²) in [5.41, 5.74) is 14.3. The molecule has 10 aromatic rings. The minimum Gasteiger partial charge on any atom is -0.456 e. The van der Waals surface area contributed by atoms with Crippen molar-refractivity contribution >= 4 is 50.1 Å². The molecule has 2 aromatic heterocycles. The van der Waals surface area contributed by atoms with Gasteiger partial charge in [0.2, 0.25) is 5.89 Å². The highest BCUT2D eigenvalue weighted by atomic mass is 16.4. The fourth-order valence-electron chi connectivity index (χ4n) is 7.25. The Labute approximate surface area is 306 Å². The smallest absolute Gasteiger partial charge is 0.227 e. The molecule has 0 amide bonds. The van der Waals surface area contributed by atoms with Crippen molar-refractivity contribution in [3.8, 4) is 44.8 Å². The molecule has 0 aliphatic heterocycles. The van der Waals surface area contributed by atoms with E-state index in [1.54, 1.807) is 0 Å². The van der Waals surface area contributed by atoms with E-state index < -0.39 is 0 Å². The van der Waals surface area contributed by atoms with E-state index in [1.807, 2.05) is 42.5 Å². The van der Waals surface area contributed by atoms with Crippen LogP contribution in [0, 0.1) is 0 Å². The number of rotatable bonds is 7. The zero-order valence-corrected chi connectivity index (χ0v) is 28.7. The number of nitrogens with zero attached hydrogens (tertiary/aromatic N) is 2. The van der Waals surface area contributed by atoms with Crippen molar-refractivity contribution in [3.05, 3.63) is 194 Å². The number of hydrogen-bond acceptors (Lipinski definition) is 4. The Hall–Kier alpha value is -7.17. The Balaban J connectivity index is 1.00. The molecule has 0 fully saturated rings. The van der Waals surface area contributed by atoms with Gasteiger partial charge in [-0.1, -0.05) is 121 Å². The molecule has 4 heteroatoms. The van der Waals surface area contributed by atoms with Crippen molar-refractivity contribution in [1.29, 1.82) is 0 Å². The lowest BCUT2D eigenvalue weighted by Gasteiger charge is -2.26. The van der Waals surface area contributed by atoms with Gasteiger partial charge in [-0.25, -0.2) is 4.98 Å². The third-order valence-electron chi connectivity index (χ3n) is 9.94. The Morgan fingerprint density at radius 3 is 1.30 bits per heavy atom. The lowest BCUT2D eigenvalue weighted by atomic mass is 10.0. The fraction of sp³-hybridized carbons (Fsp3) is 0. The lowest BCUT2D eigenvalue weighted by molar-refractivity contribution is 0.619. The topological polar surface area (TPSA) is 42.4 Å². The summed E-state index contributed by atoms with van der Waals surface area (Å²) in [6, 6.07) is 67.7. The lowest BCUT2D eigenvalue weighted by Crippen LogP contribution is -2.09. The molecule has 0 radical (unpaired) electrons. The molecular weight excluding hydrogens is 649 g/mol. The van der Waals surface area contributed by atoms with Crippen molar-refractivity contribution < 1.29 is 8.83 Å². The summed E-state index contributed by atoms with van der Waals surface area (Å²) in [6.07, 6.45) is 0. The molecule has 0 saturated heterocycles. The maximum absolute atomic E-state index is 6.41. The van der Waals surface area contributed by atoms with Gasteiger partial charge in [0.15, 0.2) is 5.58 Å². The van der Waals surface area contributed by atoms with Gasteiger partial charge in [0.25, 0.3) is 0 Å². The molecule has 8 aromatic carbocycles. The maximum atomic E-state index is 6.41. The first kappa shape index (κ1) is 30.6. The van der Waals surface area contributed by atoms with Gasteiger partial charge in [-0.15, -0.1) is 0 Å². The van der Waals surface area contributed by atoms with Crippen LogP contribution in [0.2, 0.25) is 0 Å². The summed E-state index contributed by atoms with van der Waals surface area (Å²) >= 11 is 0. The molecule has 0 bridgehead atoms. The van der Waals surface area contributed by atoms with E-state index >= 15 is 0 Å². The van der Waals surface area contributed by atoms with E-state index in [4.69, 9.17) is 13.8 Å². The van der Waals surface area contributed by atoms with Crippen LogP contribution in [0.4, 0.5) is 17.1 Å². The van der Waals surface area contributed by atoms with E-state index in [0.29, 0.717) is 5.89 Å². The van der Waals surface area contributed by atoms with Gasteiger partial charge in [-0.3, -0.25) is 0 Å². The van der Waals surface area contributed by atoms with Crippen LogP contribution in [0.25, 0.3) is 77.9 Å². The summed E-state index contributed by atoms with van der Waals surface area (Å²) in [5.74, 6) is 0.604. The molecule has 4 nitrogen and oxygen atoms in total. The van der Waals surface area contributed by atoms with Crippen LogP contribution in [-0.2, 0) is 0 Å². The molecular formula is C49H32N2O2. The second kappa shape index (κ2) is 12.9. The van der Waals surface area contributed by atoms with Gasteiger partial charge in [0, 0.05) is 28.0 Å². The first-order valence-corrected chi connectivity index (χ1v) is 17.8. The van der Waals surface area contributed by atoms with Gasteiger partial charge in [-0.2, -0.15) is 0 Å². The quantitative estimate of drug-likeness (QED) is 0.168. The van der Waals surface area contributed by atoms with Crippen LogP contribution >= 0.6 is 0 Å². The molecule has 0 unspecified atom stereocenters. The Bertz CT molecular complexity index is 2760. The third-order valence-corrected chi connectivity index (χ3v) is 9.94. The minimum atomic E-state index is 0.604. The van der Waals surface area contributed by atoms with Crippen molar-refractivity contribution in [2.45, 2.75) is 0 Å². The van der Waals surface area contributed by atoms with Crippen LogP contribution in [0.5, 0.6) is 0 Å². The number of benzene rings is 8. The van der Waals surface area contributed by atoms with Crippen LogP contribution in [0.3, 0.4) is 0 Å². The summed E-state index contributed by atoms with van der Waals surface area (Å²) in [4.78, 5) is 7.21. The van der Waals surface area contributed by atoms with Gasteiger partial charge in [0.05, 0.1) is 5.39 Å². The van der Waals surface area contributed by atoms with E-state index in [2.05, 4.69) is 157 Å². The monoisotopic (exact) mass is 680 g/mol. The molecule has 0 spiro atoms. The number of oxazole rings is 1. The van der Waals surface area contributed by atoms with Crippen molar-refractivity contribution in [2.75, 3.05) is 4.90 Å². The average Bonchev–Trinajstić information content (AvgIpc) is 3.84. The molecule has 0 N–H and O–H groups in total. The highest BCUT2D eigenvalue weighted by molar-refractivity contribution is 6.17. The second-order valence-corrected chi connectivity index (χ2v) is 13.2. The zero-order chi connectivity index (χ0) is 35.1. The van der Waals surface area contributed by atoms with E-state index in [-0.39, 0.29) is 0 Å². The van der Waals surface area contributed by atoms with Gasteiger partial charge >= 0.3 is 0 Å². The maximum Gasteiger partial charge on any atom is 0.227 e. The van der Waals surface area contributed by atoms with Gasteiger partial charge in [0.1, 0.15) is 16.7 Å². The molecule has 2 heterocycles. The van der Waals surface area contributed by atoms with Crippen LogP contribution in [0.15, 0.2) is 203 Å². The van der Waals surface area contributed by atoms with E-state index in [1.165, 1.54) is 22.3 Å². The number of hydrogen-bond donors (Lipinski definition) is 0. The van der Waals surface area contributed by atoms with Crippen LogP contribution < -0.4 is 4.90 Å². The first-order valence-electron chi connectivity index (χ1n) is 17.8. The van der Waals surface area contributed by atoms with Gasteiger partial charge in [-0.05, 0) is 106 Å². The van der Waals surface area contributed by atoms with Crippen molar-refractivity contribution in [2.24, 2.45) is 0 Å². The molecule has 0 atom stereocenters. The summed E-state index contributed by atoms with van der Waals surface area (Å²) in [6.45, 7) is 0. The van der Waals surface area contributed by atoms with Crippen molar-refractivity contribution in [3.63, 3.8) is 0 Å². The first-order chi connectivity index (χ1) is 26.2. The Morgan fingerprint density at radius 2 is 0.774 bits per heavy atom. The zero-order valence-electron chi connectivity index (χ0n) is 28.7. The predicted molar refractivity (Wildman–Crippen MR) is 218 cm³/mol. The predicted octanol–water partition coefficient (Wildman–Crippen LogP) is 13.9. The fourth-order valence-corrected chi connectivity index (χ4v) is 7.25.